The van der Waals surface area contributed by atoms with Crippen molar-refractivity contribution in [1.82, 2.24) is 0 Å². The van der Waals surface area contributed by atoms with Gasteiger partial charge in [-0.05, 0) is 108 Å². The molecule has 292 valence electrons. The quantitative estimate of drug-likeness (QED) is 0.165. The zero-order valence-electron chi connectivity index (χ0n) is 36.1. The third kappa shape index (κ3) is 5.27. The molecule has 8 aromatic rings. The fraction of sp³-hybridized carbons (Fsp3) is 0.193. The molecule has 2 nitrogen and oxygen atoms in total. The molecule has 60 heavy (non-hydrogen) atoms. The van der Waals surface area contributed by atoms with Gasteiger partial charge in [-0.3, -0.25) is 0 Å². The van der Waals surface area contributed by atoms with Crippen molar-refractivity contribution in [1.29, 1.82) is 0 Å². The summed E-state index contributed by atoms with van der Waals surface area (Å²) in [6.07, 6.45) is 0. The average Bonchev–Trinajstić information content (AvgIpc) is 3.49. The van der Waals surface area contributed by atoms with Gasteiger partial charge in [0.25, 0.3) is 0 Å². The summed E-state index contributed by atoms with van der Waals surface area (Å²) in [7, 11) is 0. The minimum Gasteiger partial charge on any atom is -0.376 e. The Morgan fingerprint density at radius 3 is 1.88 bits per heavy atom. The molecule has 0 spiro atoms. The Labute approximate surface area is 356 Å². The van der Waals surface area contributed by atoms with Gasteiger partial charge in [0.1, 0.15) is 0 Å². The molecule has 0 saturated heterocycles. The normalized spacial score (nSPS) is 14.7. The molecule has 1 aliphatic carbocycles. The molecule has 0 fully saturated rings. The van der Waals surface area contributed by atoms with E-state index >= 15 is 0 Å². The van der Waals surface area contributed by atoms with Crippen LogP contribution in [0.5, 0.6) is 0 Å². The molecule has 0 saturated carbocycles. The maximum Gasteiger partial charge on any atom is 0.333 e. The Kier molecular flexibility index (Phi) is 7.86. The van der Waals surface area contributed by atoms with Crippen LogP contribution in [-0.2, 0) is 16.2 Å². The highest BCUT2D eigenvalue weighted by Gasteiger charge is 2.49. The number of rotatable bonds is 3. The van der Waals surface area contributed by atoms with E-state index < -0.39 is 0 Å². The number of para-hydroxylation sites is 1. The first-order valence-electron chi connectivity index (χ1n) is 21.6. The Morgan fingerprint density at radius 2 is 1.13 bits per heavy atom. The van der Waals surface area contributed by atoms with E-state index in [1.54, 1.807) is 0 Å². The molecule has 3 aliphatic rings. The Balaban J connectivity index is 1.32. The molecule has 0 N–H and O–H groups in total. The van der Waals surface area contributed by atoms with Crippen LogP contribution in [0.15, 0.2) is 164 Å². The number of nitrogens with zero attached hydrogens (tertiary/aromatic N) is 2. The Bertz CT molecular complexity index is 3030. The van der Waals surface area contributed by atoms with Gasteiger partial charge in [-0.25, -0.2) is 0 Å². The van der Waals surface area contributed by atoms with Crippen LogP contribution in [0.2, 0.25) is 0 Å². The molecule has 0 amide bonds. The van der Waals surface area contributed by atoms with E-state index in [0.717, 1.165) is 0 Å². The molecule has 2 heterocycles. The number of fused-ring (bicyclic) bond motifs is 10. The van der Waals surface area contributed by atoms with E-state index in [1.165, 1.54) is 106 Å². The first-order valence-corrected chi connectivity index (χ1v) is 21.6. The highest BCUT2D eigenvalue weighted by Crippen LogP contribution is 2.57. The highest BCUT2D eigenvalue weighted by atomic mass is 15.2. The fourth-order valence-corrected chi connectivity index (χ4v) is 10.6. The third-order valence-electron chi connectivity index (χ3n) is 13.7. The minimum absolute atomic E-state index is 0.0218. The summed E-state index contributed by atoms with van der Waals surface area (Å²) in [5.41, 5.74) is 21.8. The molecular formula is C57H51BN2. The van der Waals surface area contributed by atoms with Gasteiger partial charge in [-0.2, -0.15) is 0 Å². The number of benzene rings is 8. The fourth-order valence-electron chi connectivity index (χ4n) is 10.6. The lowest BCUT2D eigenvalue weighted by atomic mass is 9.42. The summed E-state index contributed by atoms with van der Waals surface area (Å²) in [6.45, 7) is 18.6. The molecule has 0 atom stereocenters. The van der Waals surface area contributed by atoms with E-state index in [1.807, 2.05) is 0 Å². The molecule has 2 aliphatic heterocycles. The standard InChI is InChI=1S/C57H51BN2/c1-55(2,3)38-26-29-40(30-27-38)60-49-25-17-15-23-43(49)51-41-21-13-12-20-37(41)34-50-53(51)58(60)47-32-31-46-52(42-22-14-16-24-45(42)57(46,7)8)54(47)59(50)48-33-28-39(56(4,5)6)35-44(48)36-18-10-9-11-19-36/h9-35H,1-8H3. The van der Waals surface area contributed by atoms with Crippen LogP contribution >= 0.6 is 0 Å². The van der Waals surface area contributed by atoms with Gasteiger partial charge in [0.05, 0.1) is 11.4 Å². The van der Waals surface area contributed by atoms with Crippen LogP contribution in [0.1, 0.15) is 77.6 Å². The van der Waals surface area contributed by atoms with E-state index in [2.05, 4.69) is 229 Å². The molecule has 0 radical (unpaired) electrons. The van der Waals surface area contributed by atoms with Crippen molar-refractivity contribution in [3.8, 4) is 33.4 Å². The minimum atomic E-state index is -0.165. The predicted octanol–water partition coefficient (Wildman–Crippen LogP) is 14.1. The summed E-state index contributed by atoms with van der Waals surface area (Å²) in [5, 5.41) is 2.54. The first kappa shape index (κ1) is 36.7. The topological polar surface area (TPSA) is 6.48 Å². The Morgan fingerprint density at radius 1 is 0.483 bits per heavy atom. The molecular weight excluding hydrogens is 723 g/mol. The lowest BCUT2D eigenvalue weighted by molar-refractivity contribution is 0.590. The summed E-state index contributed by atoms with van der Waals surface area (Å²) in [5.74, 6) is 0. The Hall–Kier alpha value is -6.32. The van der Waals surface area contributed by atoms with E-state index in [4.69, 9.17) is 0 Å². The molecule has 11 rings (SSSR count). The van der Waals surface area contributed by atoms with E-state index in [9.17, 15) is 0 Å². The molecule has 0 unspecified atom stereocenters. The van der Waals surface area contributed by atoms with Crippen LogP contribution in [0.3, 0.4) is 0 Å². The van der Waals surface area contributed by atoms with E-state index in [-0.39, 0.29) is 23.1 Å². The van der Waals surface area contributed by atoms with Gasteiger partial charge in [0, 0.05) is 39.2 Å². The van der Waals surface area contributed by atoms with E-state index in [0.29, 0.717) is 0 Å². The summed E-state index contributed by atoms with van der Waals surface area (Å²) >= 11 is 0. The monoisotopic (exact) mass is 774 g/mol. The van der Waals surface area contributed by atoms with Crippen molar-refractivity contribution in [3.63, 3.8) is 0 Å². The summed E-state index contributed by atoms with van der Waals surface area (Å²) < 4.78 is 0. The van der Waals surface area contributed by atoms with Crippen LogP contribution in [0.4, 0.5) is 28.4 Å². The number of anilines is 5. The molecule has 0 bridgehead atoms. The second kappa shape index (κ2) is 12.8. The van der Waals surface area contributed by atoms with Gasteiger partial charge < -0.3 is 9.71 Å². The van der Waals surface area contributed by atoms with Crippen LogP contribution in [-0.4, -0.2) is 6.85 Å². The maximum atomic E-state index is 2.68. The maximum absolute atomic E-state index is 2.68. The van der Waals surface area contributed by atoms with Gasteiger partial charge in [-0.1, -0.05) is 183 Å². The average molecular weight is 775 g/mol. The third-order valence-corrected chi connectivity index (χ3v) is 13.7. The lowest BCUT2D eigenvalue weighted by Gasteiger charge is -2.47. The van der Waals surface area contributed by atoms with Crippen molar-refractivity contribution in [2.24, 2.45) is 0 Å². The SMILES string of the molecule is CC(C)(C)c1ccc(N2B3c4ccc5c(c4N(c4ccc(C(C)(C)C)cc4-c4ccccc4)c4cc6ccccc6c(c43)-c3ccccc32)-c2ccccc2C5(C)C)cc1. The van der Waals surface area contributed by atoms with Gasteiger partial charge in [0.15, 0.2) is 0 Å². The van der Waals surface area contributed by atoms with Crippen molar-refractivity contribution in [2.75, 3.05) is 9.71 Å². The summed E-state index contributed by atoms with van der Waals surface area (Å²) in [6, 6.07) is 62.5. The van der Waals surface area contributed by atoms with Crippen molar-refractivity contribution in [2.45, 2.75) is 71.6 Å². The van der Waals surface area contributed by atoms with Gasteiger partial charge in [-0.15, -0.1) is 0 Å². The second-order valence-corrected chi connectivity index (χ2v) is 19.8. The largest absolute Gasteiger partial charge is 0.376 e. The first-order chi connectivity index (χ1) is 28.8. The van der Waals surface area contributed by atoms with Crippen LogP contribution in [0.25, 0.3) is 44.2 Å². The zero-order chi connectivity index (χ0) is 41.3. The van der Waals surface area contributed by atoms with Crippen LogP contribution < -0.4 is 20.6 Å². The smallest absolute Gasteiger partial charge is 0.333 e. The number of hydrogen-bond donors (Lipinski definition) is 0. The second-order valence-electron chi connectivity index (χ2n) is 19.8. The van der Waals surface area contributed by atoms with Gasteiger partial charge in [0.2, 0.25) is 0 Å². The highest BCUT2D eigenvalue weighted by molar-refractivity contribution is 6.94. The molecule has 0 aromatic heterocycles. The zero-order valence-corrected chi connectivity index (χ0v) is 36.1. The van der Waals surface area contributed by atoms with Crippen molar-refractivity contribution >= 4 is 57.0 Å². The summed E-state index contributed by atoms with van der Waals surface area (Å²) in [4.78, 5) is 5.33. The number of hydrogen-bond acceptors (Lipinski definition) is 2. The van der Waals surface area contributed by atoms with Crippen molar-refractivity contribution < 1.29 is 0 Å². The molecule has 3 heteroatoms. The van der Waals surface area contributed by atoms with Gasteiger partial charge >= 0.3 is 6.85 Å². The lowest BCUT2D eigenvalue weighted by Crippen LogP contribution is -2.61. The predicted molar refractivity (Wildman–Crippen MR) is 258 cm³/mol. The van der Waals surface area contributed by atoms with Crippen LogP contribution in [0, 0.1) is 0 Å². The molecule has 8 aromatic carbocycles. The van der Waals surface area contributed by atoms with Crippen molar-refractivity contribution in [3.05, 3.63) is 186 Å².